The fourth-order valence-electron chi connectivity index (χ4n) is 5.55. The lowest BCUT2D eigenvalue weighted by Gasteiger charge is -2.28. The van der Waals surface area contributed by atoms with E-state index in [4.69, 9.17) is 18.9 Å². The molecule has 5 aromatic rings. The van der Waals surface area contributed by atoms with Crippen LogP contribution in [0.4, 0.5) is 0 Å². The molecular weight excluding hydrogens is 609 g/mol. The number of furan rings is 1. The Morgan fingerprint density at radius 1 is 1.09 bits per heavy atom. The number of allylic oxidation sites excluding steroid dienone is 1. The van der Waals surface area contributed by atoms with E-state index >= 15 is 0 Å². The summed E-state index contributed by atoms with van der Waals surface area (Å²) in [6, 6.07) is 16.5. The van der Waals surface area contributed by atoms with Crippen LogP contribution in [0.5, 0.6) is 5.75 Å². The van der Waals surface area contributed by atoms with Gasteiger partial charge in [0.1, 0.15) is 17.6 Å². The number of rotatable bonds is 9. The summed E-state index contributed by atoms with van der Waals surface area (Å²) in [5, 5.41) is 3.03. The fraction of sp³-hybridized carbons (Fsp3) is 0.265. The molecule has 0 aliphatic carbocycles. The molecule has 2 aromatic carbocycles. The molecule has 0 saturated carbocycles. The lowest BCUT2D eigenvalue weighted by atomic mass is 9.90. The van der Waals surface area contributed by atoms with Crippen LogP contribution >= 0.6 is 23.1 Å². The number of carbonyl (C=O) groups excluding carboxylic acids is 1. The maximum Gasteiger partial charge on any atom is 0.338 e. The highest BCUT2D eigenvalue weighted by molar-refractivity contribution is 7.99. The molecule has 0 unspecified atom stereocenters. The van der Waals surface area contributed by atoms with Gasteiger partial charge >= 0.3 is 5.97 Å². The summed E-state index contributed by atoms with van der Waals surface area (Å²) in [6.45, 7) is 7.84. The number of benzene rings is 2. The van der Waals surface area contributed by atoms with Gasteiger partial charge in [-0.15, -0.1) is 0 Å². The molecule has 6 rings (SSSR count). The van der Waals surface area contributed by atoms with Crippen LogP contribution in [-0.2, 0) is 9.53 Å². The normalized spacial score (nSPS) is 14.9. The number of hydrogen-bond acceptors (Lipinski definition) is 10. The van der Waals surface area contributed by atoms with E-state index in [1.807, 2.05) is 69.3 Å². The Balaban J connectivity index is 1.54. The Kier molecular flexibility index (Phi) is 8.73. The Morgan fingerprint density at radius 3 is 2.60 bits per heavy atom. The van der Waals surface area contributed by atoms with Crippen LogP contribution in [0.15, 0.2) is 90.3 Å². The zero-order valence-corrected chi connectivity index (χ0v) is 27.3. The Hall–Kier alpha value is -4.48. The average molecular weight is 641 g/mol. The van der Waals surface area contributed by atoms with E-state index in [9.17, 15) is 9.59 Å². The van der Waals surface area contributed by atoms with Gasteiger partial charge in [0.15, 0.2) is 15.1 Å². The second-order valence-corrected chi connectivity index (χ2v) is 12.5. The number of aromatic nitrogens is 3. The van der Waals surface area contributed by atoms with Crippen molar-refractivity contribution < 1.29 is 18.7 Å². The molecule has 0 amide bonds. The third-order valence-electron chi connectivity index (χ3n) is 7.35. The van der Waals surface area contributed by atoms with Crippen molar-refractivity contribution >= 4 is 45.9 Å². The minimum Gasteiger partial charge on any atom is -0.496 e. The lowest BCUT2D eigenvalue weighted by molar-refractivity contribution is -0.139. The van der Waals surface area contributed by atoms with Gasteiger partial charge in [0.25, 0.3) is 5.56 Å². The number of hydrogen-bond donors (Lipinski definition) is 0. The van der Waals surface area contributed by atoms with E-state index in [1.165, 1.54) is 23.1 Å². The molecule has 0 saturated heterocycles. The van der Waals surface area contributed by atoms with Crippen LogP contribution in [0.1, 0.15) is 55.4 Å². The van der Waals surface area contributed by atoms with E-state index in [0.717, 1.165) is 28.6 Å². The smallest absolute Gasteiger partial charge is 0.338 e. The molecule has 11 heteroatoms. The molecule has 1 atom stereocenters. The van der Waals surface area contributed by atoms with Gasteiger partial charge in [-0.1, -0.05) is 55.0 Å². The summed E-state index contributed by atoms with van der Waals surface area (Å²) in [5.41, 5.74) is 3.12. The summed E-state index contributed by atoms with van der Waals surface area (Å²) in [6.07, 6.45) is 3.01. The van der Waals surface area contributed by atoms with Crippen molar-refractivity contribution in [1.82, 2.24) is 14.5 Å². The largest absolute Gasteiger partial charge is 0.496 e. The Bertz CT molecular complexity index is 2120. The summed E-state index contributed by atoms with van der Waals surface area (Å²) in [7, 11) is 1.59. The highest BCUT2D eigenvalue weighted by Gasteiger charge is 2.37. The first-order valence-corrected chi connectivity index (χ1v) is 16.3. The first-order chi connectivity index (χ1) is 21.8. The number of esters is 1. The predicted octanol–water partition coefficient (Wildman–Crippen LogP) is 5.89. The van der Waals surface area contributed by atoms with Crippen molar-refractivity contribution in [3.05, 3.63) is 108 Å². The van der Waals surface area contributed by atoms with Crippen molar-refractivity contribution in [1.29, 1.82) is 0 Å². The van der Waals surface area contributed by atoms with Crippen LogP contribution in [0, 0.1) is 13.8 Å². The van der Waals surface area contributed by atoms with Gasteiger partial charge < -0.3 is 13.9 Å². The summed E-state index contributed by atoms with van der Waals surface area (Å²) < 4.78 is 19.5. The lowest BCUT2D eigenvalue weighted by Crippen LogP contribution is -2.40. The van der Waals surface area contributed by atoms with Gasteiger partial charge in [0, 0.05) is 23.0 Å². The van der Waals surface area contributed by atoms with E-state index in [2.05, 4.69) is 9.97 Å². The molecule has 0 radical (unpaired) electrons. The minimum absolute atomic E-state index is 0.192. The molecule has 0 bridgehead atoms. The molecule has 1 aliphatic heterocycles. The van der Waals surface area contributed by atoms with E-state index in [0.29, 0.717) is 54.3 Å². The first-order valence-electron chi connectivity index (χ1n) is 14.7. The zero-order chi connectivity index (χ0) is 31.7. The number of fused-ring (bicyclic) bond motifs is 2. The molecule has 0 spiro atoms. The average Bonchev–Trinajstić information content (AvgIpc) is 3.58. The number of ether oxygens (including phenoxy) is 2. The van der Waals surface area contributed by atoms with E-state index in [-0.39, 0.29) is 12.2 Å². The van der Waals surface area contributed by atoms with Crippen LogP contribution in [-0.4, -0.2) is 34.2 Å². The molecule has 45 heavy (non-hydrogen) atoms. The van der Waals surface area contributed by atoms with Crippen molar-refractivity contribution in [2.24, 2.45) is 4.99 Å². The molecule has 4 heterocycles. The third-order valence-corrected chi connectivity index (χ3v) is 9.11. The van der Waals surface area contributed by atoms with Crippen LogP contribution in [0.25, 0.3) is 16.8 Å². The molecule has 1 aliphatic rings. The SMILES string of the molecule is CCCC1=C(C(=O)OCC)[C@H](c2c(OC)ccc3ccccc23)n2c(s/c(=C/c3ccc(Sc4nc(C)cc(C)n4)o3)c2=O)=N1. The zero-order valence-electron chi connectivity index (χ0n) is 25.6. The number of nitrogens with zero attached hydrogens (tertiary/aromatic N) is 4. The predicted molar refractivity (Wildman–Crippen MR) is 174 cm³/mol. The topological polar surface area (TPSA) is 109 Å². The summed E-state index contributed by atoms with van der Waals surface area (Å²) >= 11 is 2.57. The van der Waals surface area contributed by atoms with Gasteiger partial charge in [0.2, 0.25) is 0 Å². The molecule has 0 fully saturated rings. The van der Waals surface area contributed by atoms with Crippen LogP contribution < -0.4 is 19.6 Å². The van der Waals surface area contributed by atoms with E-state index in [1.54, 1.807) is 30.7 Å². The van der Waals surface area contributed by atoms with Crippen molar-refractivity contribution in [3.63, 3.8) is 0 Å². The second kappa shape index (κ2) is 12.9. The van der Waals surface area contributed by atoms with Gasteiger partial charge in [-0.25, -0.2) is 19.8 Å². The number of carbonyl (C=O) groups is 1. The van der Waals surface area contributed by atoms with E-state index < -0.39 is 12.0 Å². The molecule has 3 aromatic heterocycles. The van der Waals surface area contributed by atoms with Crippen molar-refractivity contribution in [2.75, 3.05) is 13.7 Å². The summed E-state index contributed by atoms with van der Waals surface area (Å²) in [5.74, 6) is 0.569. The monoisotopic (exact) mass is 640 g/mol. The highest BCUT2D eigenvalue weighted by atomic mass is 32.2. The highest BCUT2D eigenvalue weighted by Crippen LogP contribution is 2.41. The summed E-state index contributed by atoms with van der Waals surface area (Å²) in [4.78, 5) is 42.3. The maximum absolute atomic E-state index is 14.3. The van der Waals surface area contributed by atoms with Gasteiger partial charge in [0.05, 0.1) is 29.5 Å². The number of thiazole rings is 1. The minimum atomic E-state index is -0.811. The molecule has 9 nitrogen and oxygen atoms in total. The van der Waals surface area contributed by atoms with Crippen LogP contribution in [0.2, 0.25) is 0 Å². The maximum atomic E-state index is 14.3. The fourth-order valence-corrected chi connectivity index (χ4v) is 7.39. The standard InChI is InChI=1S/C34H32N4O5S2/c1-6-10-24-29(32(40)42-7-2)30(28-23-12-9-8-11-21(23)13-15-25(28)41-5)38-31(39)26(44-34(38)37-24)18-22-14-16-27(43-22)45-33-35-19(3)17-20(4)36-33/h8-9,11-18,30H,6-7,10H2,1-5H3/b26-18+/t30-/m0/s1. The van der Waals surface area contributed by atoms with Gasteiger partial charge in [-0.2, -0.15) is 0 Å². The Labute approximate surface area is 268 Å². The van der Waals surface area contributed by atoms with Crippen LogP contribution in [0.3, 0.4) is 0 Å². The quantitative estimate of drug-likeness (QED) is 0.145. The Morgan fingerprint density at radius 2 is 1.87 bits per heavy atom. The van der Waals surface area contributed by atoms with Gasteiger partial charge in [-0.05, 0) is 74.0 Å². The molecule has 0 N–H and O–H groups in total. The molecular formula is C34H32N4O5S2. The first kappa shape index (κ1) is 30.5. The third kappa shape index (κ3) is 5.97. The number of methoxy groups -OCH3 is 1. The number of aryl methyl sites for hydroxylation is 2. The van der Waals surface area contributed by atoms with Crippen molar-refractivity contribution in [3.8, 4) is 5.75 Å². The second-order valence-electron chi connectivity index (χ2n) is 10.5. The van der Waals surface area contributed by atoms with Crippen molar-refractivity contribution in [2.45, 2.75) is 56.8 Å². The molecule has 230 valence electrons. The van der Waals surface area contributed by atoms with Gasteiger partial charge in [-0.3, -0.25) is 9.36 Å².